The highest BCUT2D eigenvalue weighted by Gasteiger charge is 2.16. The van der Waals surface area contributed by atoms with Crippen LogP contribution < -0.4 is 10.1 Å². The van der Waals surface area contributed by atoms with Crippen molar-refractivity contribution < 1.29 is 23.6 Å². The average molecular weight is 401 g/mol. The van der Waals surface area contributed by atoms with Gasteiger partial charge in [-0.3, -0.25) is 4.79 Å². The van der Waals surface area contributed by atoms with Gasteiger partial charge in [0.1, 0.15) is 11.3 Å². The first-order valence-electron chi connectivity index (χ1n) is 8.28. The first-order valence-corrected chi connectivity index (χ1v) is 8.65. The van der Waals surface area contributed by atoms with Crippen LogP contribution in [0.25, 0.3) is 11.3 Å². The van der Waals surface area contributed by atoms with Gasteiger partial charge < -0.3 is 19.3 Å². The molecule has 0 aliphatic heterocycles. The number of carbonyl (C=O) groups is 2. The zero-order chi connectivity index (χ0) is 20.1. The minimum absolute atomic E-state index is 0.136. The van der Waals surface area contributed by atoms with Gasteiger partial charge >= 0.3 is 5.97 Å². The zero-order valence-electron chi connectivity index (χ0n) is 15.2. The number of hydrogen-bond acceptors (Lipinski definition) is 6. The van der Waals surface area contributed by atoms with E-state index < -0.39 is 11.9 Å². The summed E-state index contributed by atoms with van der Waals surface area (Å²) in [7, 11) is 2.75. The zero-order valence-corrected chi connectivity index (χ0v) is 15.9. The Morgan fingerprint density at radius 1 is 1.14 bits per heavy atom. The van der Waals surface area contributed by atoms with Gasteiger partial charge in [-0.25, -0.2) is 4.79 Å². The van der Waals surface area contributed by atoms with Crippen molar-refractivity contribution in [2.45, 2.75) is 6.54 Å². The van der Waals surface area contributed by atoms with E-state index in [1.165, 1.54) is 20.3 Å². The molecule has 28 heavy (non-hydrogen) atoms. The molecule has 1 N–H and O–H groups in total. The molecule has 144 valence electrons. The van der Waals surface area contributed by atoms with Crippen molar-refractivity contribution in [1.82, 2.24) is 10.5 Å². The van der Waals surface area contributed by atoms with Crippen molar-refractivity contribution in [2.24, 2.45) is 0 Å². The van der Waals surface area contributed by atoms with E-state index in [0.29, 0.717) is 22.1 Å². The Balaban J connectivity index is 1.70. The number of nitrogens with zero attached hydrogens (tertiary/aromatic N) is 1. The Hall–Kier alpha value is -3.32. The normalized spacial score (nSPS) is 10.4. The fourth-order valence-electron chi connectivity index (χ4n) is 2.57. The van der Waals surface area contributed by atoms with E-state index in [2.05, 4.69) is 10.5 Å². The largest absolute Gasteiger partial charge is 0.496 e. The number of rotatable bonds is 6. The van der Waals surface area contributed by atoms with Crippen LogP contribution in [0.15, 0.2) is 53.1 Å². The minimum atomic E-state index is -0.521. The maximum absolute atomic E-state index is 12.4. The van der Waals surface area contributed by atoms with Crippen molar-refractivity contribution in [2.75, 3.05) is 14.2 Å². The summed E-state index contributed by atoms with van der Waals surface area (Å²) < 4.78 is 15.1. The second-order valence-corrected chi connectivity index (χ2v) is 6.23. The number of amides is 1. The van der Waals surface area contributed by atoms with Gasteiger partial charge in [0.15, 0.2) is 11.5 Å². The number of aromatic nitrogens is 1. The van der Waals surface area contributed by atoms with Crippen LogP contribution in [0.4, 0.5) is 0 Å². The predicted octanol–water partition coefficient (Wildman–Crippen LogP) is 3.72. The van der Waals surface area contributed by atoms with Gasteiger partial charge in [0.25, 0.3) is 5.91 Å². The lowest BCUT2D eigenvalue weighted by Gasteiger charge is -2.09. The second-order valence-electron chi connectivity index (χ2n) is 5.80. The van der Waals surface area contributed by atoms with Crippen molar-refractivity contribution in [1.29, 1.82) is 0 Å². The number of nitrogens with one attached hydrogen (secondary N) is 1. The molecule has 0 atom stereocenters. The molecule has 1 aromatic heterocycles. The fraction of sp³-hybridized carbons (Fsp3) is 0.150. The Morgan fingerprint density at radius 3 is 2.68 bits per heavy atom. The molecule has 0 aliphatic carbocycles. The third-order valence-corrected chi connectivity index (χ3v) is 4.21. The molecule has 1 heterocycles. The van der Waals surface area contributed by atoms with E-state index in [1.54, 1.807) is 42.5 Å². The highest BCUT2D eigenvalue weighted by Crippen LogP contribution is 2.24. The summed E-state index contributed by atoms with van der Waals surface area (Å²) in [6.07, 6.45) is 0. The number of hydrogen-bond donors (Lipinski definition) is 1. The first kappa shape index (κ1) is 19.4. The van der Waals surface area contributed by atoms with Crippen molar-refractivity contribution in [3.05, 3.63) is 70.4 Å². The molecular formula is C20H17ClN2O5. The third-order valence-electron chi connectivity index (χ3n) is 3.97. The number of carbonyl (C=O) groups excluding carboxylic acids is 2. The van der Waals surface area contributed by atoms with Gasteiger partial charge in [-0.1, -0.05) is 35.0 Å². The van der Waals surface area contributed by atoms with E-state index in [4.69, 9.17) is 25.6 Å². The number of esters is 1. The fourth-order valence-corrected chi connectivity index (χ4v) is 2.76. The van der Waals surface area contributed by atoms with E-state index in [0.717, 1.165) is 5.56 Å². The summed E-state index contributed by atoms with van der Waals surface area (Å²) >= 11 is 5.97. The predicted molar refractivity (Wildman–Crippen MR) is 102 cm³/mol. The number of benzene rings is 2. The molecule has 0 aliphatic rings. The Labute approximate surface area is 166 Å². The van der Waals surface area contributed by atoms with Crippen molar-refractivity contribution >= 4 is 23.5 Å². The summed E-state index contributed by atoms with van der Waals surface area (Å²) in [4.78, 5) is 24.2. The molecule has 0 unspecified atom stereocenters. The molecule has 0 radical (unpaired) electrons. The number of methoxy groups -OCH3 is 2. The summed E-state index contributed by atoms with van der Waals surface area (Å²) in [6.45, 7) is 0.187. The van der Waals surface area contributed by atoms with E-state index in [1.807, 2.05) is 0 Å². The molecular weight excluding hydrogens is 384 g/mol. The van der Waals surface area contributed by atoms with Gasteiger partial charge in [-0.2, -0.15) is 0 Å². The molecule has 0 saturated carbocycles. The lowest BCUT2D eigenvalue weighted by atomic mass is 10.1. The first-order chi connectivity index (χ1) is 13.5. The molecule has 2 aromatic carbocycles. The van der Waals surface area contributed by atoms with Crippen LogP contribution in [0.1, 0.15) is 26.4 Å². The highest BCUT2D eigenvalue weighted by molar-refractivity contribution is 6.30. The quantitative estimate of drug-likeness (QED) is 0.634. The van der Waals surface area contributed by atoms with E-state index >= 15 is 0 Å². The lowest BCUT2D eigenvalue weighted by Crippen LogP contribution is -2.23. The molecule has 8 heteroatoms. The molecule has 3 rings (SSSR count). The van der Waals surface area contributed by atoms with E-state index in [-0.39, 0.29) is 17.8 Å². The van der Waals surface area contributed by atoms with Crippen LogP contribution in [0.5, 0.6) is 5.75 Å². The van der Waals surface area contributed by atoms with Crippen LogP contribution in [0.3, 0.4) is 0 Å². The van der Waals surface area contributed by atoms with Gasteiger partial charge in [-0.15, -0.1) is 0 Å². The molecule has 0 saturated heterocycles. The Kier molecular flexibility index (Phi) is 5.96. The molecule has 3 aromatic rings. The molecule has 1 amide bonds. The SMILES string of the molecule is COC(=O)c1cc(CNC(=O)c2cc(-c3cccc(Cl)c3)on2)ccc1OC. The van der Waals surface area contributed by atoms with Crippen LogP contribution in [0, 0.1) is 0 Å². The number of ether oxygens (including phenoxy) is 2. The van der Waals surface area contributed by atoms with Crippen LogP contribution in [-0.4, -0.2) is 31.3 Å². The highest BCUT2D eigenvalue weighted by atomic mass is 35.5. The average Bonchev–Trinajstić information content (AvgIpc) is 3.21. The topological polar surface area (TPSA) is 90.7 Å². The Morgan fingerprint density at radius 2 is 1.96 bits per heavy atom. The van der Waals surface area contributed by atoms with Gasteiger partial charge in [0.05, 0.1) is 14.2 Å². The number of halogens is 1. The summed E-state index contributed by atoms with van der Waals surface area (Å²) in [5.74, 6) is -0.102. The molecule has 0 fully saturated rings. The summed E-state index contributed by atoms with van der Waals surface area (Å²) in [6, 6.07) is 13.6. The van der Waals surface area contributed by atoms with Crippen molar-refractivity contribution in [3.63, 3.8) is 0 Å². The minimum Gasteiger partial charge on any atom is -0.496 e. The van der Waals surface area contributed by atoms with Gasteiger partial charge in [0, 0.05) is 23.2 Å². The monoisotopic (exact) mass is 400 g/mol. The van der Waals surface area contributed by atoms with Crippen molar-refractivity contribution in [3.8, 4) is 17.1 Å². The van der Waals surface area contributed by atoms with Gasteiger partial charge in [0.2, 0.25) is 0 Å². The smallest absolute Gasteiger partial charge is 0.341 e. The maximum Gasteiger partial charge on any atom is 0.341 e. The summed E-state index contributed by atoms with van der Waals surface area (Å²) in [5.41, 5.74) is 1.84. The van der Waals surface area contributed by atoms with Crippen LogP contribution in [0.2, 0.25) is 5.02 Å². The molecule has 0 bridgehead atoms. The maximum atomic E-state index is 12.4. The summed E-state index contributed by atoms with van der Waals surface area (Å²) in [5, 5.41) is 7.09. The molecule has 0 spiro atoms. The van der Waals surface area contributed by atoms with Crippen LogP contribution in [-0.2, 0) is 11.3 Å². The van der Waals surface area contributed by atoms with E-state index in [9.17, 15) is 9.59 Å². The second kappa shape index (κ2) is 8.58. The Bertz CT molecular complexity index is 1020. The third kappa shape index (κ3) is 4.32. The van der Waals surface area contributed by atoms with Gasteiger partial charge in [-0.05, 0) is 29.8 Å². The molecule has 7 nitrogen and oxygen atoms in total. The standard InChI is InChI=1S/C20H17ClN2O5/c1-26-17-7-6-12(8-15(17)20(25)27-2)11-22-19(24)16-10-18(28-23-16)13-4-3-5-14(21)9-13/h3-10H,11H2,1-2H3,(H,22,24). The lowest BCUT2D eigenvalue weighted by molar-refractivity contribution is 0.0597. The van der Waals surface area contributed by atoms with Crippen LogP contribution >= 0.6 is 11.6 Å².